The number of hydrogen-bond donors (Lipinski definition) is 1. The summed E-state index contributed by atoms with van der Waals surface area (Å²) in [6.07, 6.45) is 4.49. The van der Waals surface area contributed by atoms with Crippen LogP contribution in [0.15, 0.2) is 35.1 Å². The molecule has 3 nitrogen and oxygen atoms in total. The average Bonchev–Trinajstić information content (AvgIpc) is 2.96. The van der Waals surface area contributed by atoms with Crippen LogP contribution in [0.25, 0.3) is 0 Å². The van der Waals surface area contributed by atoms with Gasteiger partial charge in [-0.2, -0.15) is 0 Å². The highest BCUT2D eigenvalue weighted by Crippen LogP contribution is 2.44. The fourth-order valence-corrected chi connectivity index (χ4v) is 3.27. The van der Waals surface area contributed by atoms with Gasteiger partial charge in [0.05, 0.1) is 5.41 Å². The van der Waals surface area contributed by atoms with Crippen LogP contribution in [0.5, 0.6) is 0 Å². The summed E-state index contributed by atoms with van der Waals surface area (Å²) in [5, 5.41) is 0. The van der Waals surface area contributed by atoms with Gasteiger partial charge < -0.3 is 4.98 Å². The third-order valence-electron chi connectivity index (χ3n) is 4.63. The molecule has 0 radical (unpaired) electrons. The molecule has 1 aromatic heterocycles. The SMILES string of the molecule is Cc1nc(C2(c3ccccc3)CCCC2)[nH]c(=O)c1C. The van der Waals surface area contributed by atoms with Crippen LogP contribution in [0, 0.1) is 13.8 Å². The zero-order valence-corrected chi connectivity index (χ0v) is 12.1. The molecule has 3 heteroatoms. The second-order valence-corrected chi connectivity index (χ2v) is 5.78. The molecule has 0 saturated heterocycles. The lowest BCUT2D eigenvalue weighted by Crippen LogP contribution is -2.31. The zero-order valence-electron chi connectivity index (χ0n) is 12.1. The summed E-state index contributed by atoms with van der Waals surface area (Å²) in [6, 6.07) is 10.5. The summed E-state index contributed by atoms with van der Waals surface area (Å²) in [4.78, 5) is 19.8. The first kappa shape index (κ1) is 13.1. The van der Waals surface area contributed by atoms with Crippen LogP contribution in [0.2, 0.25) is 0 Å². The molecule has 0 bridgehead atoms. The number of rotatable bonds is 2. The van der Waals surface area contributed by atoms with Gasteiger partial charge in [0.15, 0.2) is 0 Å². The Balaban J connectivity index is 2.20. The normalized spacial score (nSPS) is 17.3. The minimum atomic E-state index is -0.112. The Hall–Kier alpha value is -1.90. The van der Waals surface area contributed by atoms with Gasteiger partial charge in [0.1, 0.15) is 5.82 Å². The summed E-state index contributed by atoms with van der Waals surface area (Å²) in [5.74, 6) is 0.842. The lowest BCUT2D eigenvalue weighted by atomic mass is 9.78. The number of aromatic amines is 1. The van der Waals surface area contributed by atoms with Gasteiger partial charge in [0.25, 0.3) is 5.56 Å². The van der Waals surface area contributed by atoms with Crippen molar-refractivity contribution in [1.29, 1.82) is 0 Å². The first-order valence-corrected chi connectivity index (χ1v) is 7.27. The van der Waals surface area contributed by atoms with Gasteiger partial charge in [-0.15, -0.1) is 0 Å². The topological polar surface area (TPSA) is 45.8 Å². The molecular weight excluding hydrogens is 248 g/mol. The van der Waals surface area contributed by atoms with Crippen LogP contribution in [0.4, 0.5) is 0 Å². The van der Waals surface area contributed by atoms with E-state index in [0.717, 1.165) is 29.9 Å². The number of nitrogens with one attached hydrogen (secondary N) is 1. The second-order valence-electron chi connectivity index (χ2n) is 5.78. The molecule has 0 amide bonds. The first-order valence-electron chi connectivity index (χ1n) is 7.27. The summed E-state index contributed by atoms with van der Waals surface area (Å²) in [6.45, 7) is 3.75. The maximum Gasteiger partial charge on any atom is 0.254 e. The molecule has 1 N–H and O–H groups in total. The third-order valence-corrected chi connectivity index (χ3v) is 4.63. The van der Waals surface area contributed by atoms with Crippen molar-refractivity contribution in [3.05, 3.63) is 63.3 Å². The van der Waals surface area contributed by atoms with Crippen molar-refractivity contribution in [1.82, 2.24) is 9.97 Å². The van der Waals surface area contributed by atoms with Crippen molar-refractivity contribution in [2.45, 2.75) is 44.9 Å². The molecule has 104 valence electrons. The number of aromatic nitrogens is 2. The molecule has 0 aliphatic heterocycles. The standard InChI is InChI=1S/C17H20N2O/c1-12-13(2)18-16(19-15(12)20)17(10-6-7-11-17)14-8-4-3-5-9-14/h3-5,8-9H,6-7,10-11H2,1-2H3,(H,18,19,20). The Kier molecular flexibility index (Phi) is 3.20. The minimum Gasteiger partial charge on any atom is -0.310 e. The maximum atomic E-state index is 12.1. The minimum absolute atomic E-state index is 0.00490. The molecule has 2 aromatic rings. The molecule has 1 aliphatic carbocycles. The highest BCUT2D eigenvalue weighted by Gasteiger charge is 2.39. The van der Waals surface area contributed by atoms with Crippen molar-refractivity contribution in [2.24, 2.45) is 0 Å². The predicted octanol–water partition coefficient (Wildman–Crippen LogP) is 3.25. The van der Waals surface area contributed by atoms with Crippen molar-refractivity contribution >= 4 is 0 Å². The molecule has 0 unspecified atom stereocenters. The maximum absolute atomic E-state index is 12.1. The van der Waals surface area contributed by atoms with E-state index in [1.54, 1.807) is 0 Å². The van der Waals surface area contributed by atoms with Gasteiger partial charge in [-0.3, -0.25) is 4.79 Å². The van der Waals surface area contributed by atoms with Gasteiger partial charge in [-0.25, -0.2) is 4.98 Å². The molecule has 1 fully saturated rings. The molecule has 0 spiro atoms. The quantitative estimate of drug-likeness (QED) is 0.908. The molecule has 1 aromatic carbocycles. The predicted molar refractivity (Wildman–Crippen MR) is 80.0 cm³/mol. The molecule has 1 aliphatic rings. The van der Waals surface area contributed by atoms with E-state index in [1.807, 2.05) is 19.9 Å². The van der Waals surface area contributed by atoms with E-state index in [9.17, 15) is 4.79 Å². The third kappa shape index (κ3) is 1.98. The van der Waals surface area contributed by atoms with Crippen LogP contribution in [-0.4, -0.2) is 9.97 Å². The Bertz CT molecular complexity index is 667. The van der Waals surface area contributed by atoms with Gasteiger partial charge in [-0.05, 0) is 32.3 Å². The Labute approximate surface area is 119 Å². The van der Waals surface area contributed by atoms with E-state index in [-0.39, 0.29) is 11.0 Å². The zero-order chi connectivity index (χ0) is 14.2. The number of nitrogens with zero attached hydrogens (tertiary/aromatic N) is 1. The van der Waals surface area contributed by atoms with Gasteiger partial charge >= 0.3 is 0 Å². The van der Waals surface area contributed by atoms with Crippen molar-refractivity contribution < 1.29 is 0 Å². The van der Waals surface area contributed by atoms with Crippen molar-refractivity contribution in [3.63, 3.8) is 0 Å². The largest absolute Gasteiger partial charge is 0.310 e. The number of hydrogen-bond acceptors (Lipinski definition) is 2. The van der Waals surface area contributed by atoms with Gasteiger partial charge in [-0.1, -0.05) is 43.2 Å². The molecule has 1 saturated carbocycles. The fraction of sp³-hybridized carbons (Fsp3) is 0.412. The van der Waals surface area contributed by atoms with Crippen LogP contribution in [0.1, 0.15) is 48.3 Å². The van der Waals surface area contributed by atoms with E-state index in [2.05, 4.69) is 29.2 Å². The van der Waals surface area contributed by atoms with Crippen molar-refractivity contribution in [3.8, 4) is 0 Å². The number of aryl methyl sites for hydroxylation is 1. The number of H-pyrrole nitrogens is 1. The van der Waals surface area contributed by atoms with Crippen LogP contribution in [0.3, 0.4) is 0 Å². The van der Waals surface area contributed by atoms with E-state index < -0.39 is 0 Å². The lowest BCUT2D eigenvalue weighted by molar-refractivity contribution is 0.495. The second kappa shape index (κ2) is 4.89. The average molecular weight is 268 g/mol. The molecule has 3 rings (SSSR count). The summed E-state index contributed by atoms with van der Waals surface area (Å²) in [5.41, 5.74) is 2.71. The van der Waals surface area contributed by atoms with E-state index in [1.165, 1.54) is 18.4 Å². The Morgan fingerprint density at radius 2 is 1.75 bits per heavy atom. The lowest BCUT2D eigenvalue weighted by Gasteiger charge is -2.29. The van der Waals surface area contributed by atoms with Gasteiger partial charge in [0, 0.05) is 11.3 Å². The van der Waals surface area contributed by atoms with Crippen LogP contribution in [-0.2, 0) is 5.41 Å². The Morgan fingerprint density at radius 3 is 2.35 bits per heavy atom. The fourth-order valence-electron chi connectivity index (χ4n) is 3.27. The van der Waals surface area contributed by atoms with Gasteiger partial charge in [0.2, 0.25) is 0 Å². The molecule has 1 heterocycles. The molecule has 0 atom stereocenters. The Morgan fingerprint density at radius 1 is 1.10 bits per heavy atom. The smallest absolute Gasteiger partial charge is 0.254 e. The summed E-state index contributed by atoms with van der Waals surface area (Å²) in [7, 11) is 0. The number of benzene rings is 1. The van der Waals surface area contributed by atoms with E-state index >= 15 is 0 Å². The molecule has 20 heavy (non-hydrogen) atoms. The highest BCUT2D eigenvalue weighted by molar-refractivity contribution is 5.35. The highest BCUT2D eigenvalue weighted by atomic mass is 16.1. The van der Waals surface area contributed by atoms with Crippen LogP contribution >= 0.6 is 0 Å². The van der Waals surface area contributed by atoms with E-state index in [0.29, 0.717) is 0 Å². The summed E-state index contributed by atoms with van der Waals surface area (Å²) < 4.78 is 0. The summed E-state index contributed by atoms with van der Waals surface area (Å²) >= 11 is 0. The monoisotopic (exact) mass is 268 g/mol. The molecular formula is C17H20N2O. The first-order chi connectivity index (χ1) is 9.63. The van der Waals surface area contributed by atoms with Crippen molar-refractivity contribution in [2.75, 3.05) is 0 Å². The van der Waals surface area contributed by atoms with E-state index in [4.69, 9.17) is 4.98 Å². The van der Waals surface area contributed by atoms with Crippen LogP contribution < -0.4 is 5.56 Å².